The number of hydrogen-bond donors (Lipinski definition) is 0. The molecule has 12 rings (SSSR count). The molecule has 72 heavy (non-hydrogen) atoms. The number of anilines is 6. The van der Waals surface area contributed by atoms with Gasteiger partial charge in [0.2, 0.25) is 0 Å². The minimum absolute atomic E-state index is 1.10. The van der Waals surface area contributed by atoms with E-state index in [-0.39, 0.29) is 0 Å². The summed E-state index contributed by atoms with van der Waals surface area (Å²) in [6.45, 7) is 4.52. The first-order chi connectivity index (χ1) is 35.6. The summed E-state index contributed by atoms with van der Waals surface area (Å²) in [4.78, 5) is 4.97. The van der Waals surface area contributed by atoms with Crippen molar-refractivity contribution < 1.29 is 0 Å². The summed E-state index contributed by atoms with van der Waals surface area (Å²) in [5.41, 5.74) is 20.7. The first-order valence-corrected chi connectivity index (χ1v) is 24.8. The summed E-state index contributed by atoms with van der Waals surface area (Å²) in [6, 6.07) is 102. The third kappa shape index (κ3) is 8.40. The fourth-order valence-corrected chi connectivity index (χ4v) is 10.6. The van der Waals surface area contributed by atoms with E-state index in [1.165, 1.54) is 77.2 Å². The van der Waals surface area contributed by atoms with Crippen LogP contribution >= 0.6 is 0 Å². The fourth-order valence-electron chi connectivity index (χ4n) is 10.6. The van der Waals surface area contributed by atoms with Crippen molar-refractivity contribution in [1.82, 2.24) is 0 Å². The van der Waals surface area contributed by atoms with Crippen LogP contribution in [-0.4, -0.2) is 0 Å². The highest BCUT2D eigenvalue weighted by Crippen LogP contribution is 2.50. The Balaban J connectivity index is 1.02. The summed E-state index contributed by atoms with van der Waals surface area (Å²) >= 11 is 0. The van der Waals surface area contributed by atoms with Gasteiger partial charge in [-0.1, -0.05) is 231 Å². The number of hydrogen-bond acceptors (Lipinski definition) is 2. The van der Waals surface area contributed by atoms with Gasteiger partial charge in [-0.2, -0.15) is 0 Å². The minimum Gasteiger partial charge on any atom is -0.309 e. The Morgan fingerprint density at radius 3 is 0.847 bits per heavy atom. The second-order valence-corrected chi connectivity index (χ2v) is 18.6. The lowest BCUT2D eigenvalue weighted by Crippen LogP contribution is -2.14. The Kier molecular flexibility index (Phi) is 11.8. The molecule has 0 aliphatic rings. The summed E-state index contributed by atoms with van der Waals surface area (Å²) < 4.78 is 0. The lowest BCUT2D eigenvalue weighted by atomic mass is 9.92. The van der Waals surface area contributed by atoms with Crippen molar-refractivity contribution in [1.29, 1.82) is 0 Å². The van der Waals surface area contributed by atoms with Crippen molar-refractivity contribution in [2.45, 2.75) is 13.8 Å². The molecule has 0 radical (unpaired) electrons. The van der Waals surface area contributed by atoms with E-state index in [9.17, 15) is 0 Å². The molecule has 2 heteroatoms. The van der Waals surface area contributed by atoms with Crippen LogP contribution in [-0.2, 0) is 0 Å². The SMILES string of the molecule is Cc1cc(-c2ccc(N(c3ccc4ccccc4c3)c3c(-c4ccccc4)cccc3-c3ccccc3)c(C)c2)ccc1N(c1ccc2ccccc2c1)c1c(-c2ccccc2)cccc1-c1ccccc1. The van der Waals surface area contributed by atoms with E-state index in [1.54, 1.807) is 0 Å². The topological polar surface area (TPSA) is 6.48 Å². The standard InChI is InChI=1S/C70H52N2/c1-49-45-59(39-43-67(49)71(61-41-37-51-21-15-17-31-57(51)47-61)69-63(53-23-7-3-8-24-53)33-19-34-64(69)54-25-9-4-10-26-54)60-40-44-68(50(2)46-60)72(62-42-38-52-22-16-18-32-58(52)48-62)70-65(55-27-11-5-12-28-55)35-20-36-66(70)56-29-13-6-14-30-56/h3-48H,1-2H3. The second kappa shape index (κ2) is 19.3. The van der Waals surface area contributed by atoms with Crippen molar-refractivity contribution in [3.8, 4) is 55.6 Å². The van der Waals surface area contributed by atoms with Crippen LogP contribution in [0.1, 0.15) is 11.1 Å². The number of para-hydroxylation sites is 2. The van der Waals surface area contributed by atoms with Gasteiger partial charge in [-0.15, -0.1) is 0 Å². The van der Waals surface area contributed by atoms with Crippen LogP contribution in [0.15, 0.2) is 279 Å². The molecule has 0 saturated heterocycles. The van der Waals surface area contributed by atoms with Crippen molar-refractivity contribution in [2.24, 2.45) is 0 Å². The van der Waals surface area contributed by atoms with Crippen LogP contribution in [0.3, 0.4) is 0 Å². The van der Waals surface area contributed by atoms with Gasteiger partial charge in [0.05, 0.1) is 11.4 Å². The molecule has 342 valence electrons. The van der Waals surface area contributed by atoms with Crippen LogP contribution in [0.2, 0.25) is 0 Å². The molecule has 12 aromatic carbocycles. The highest BCUT2D eigenvalue weighted by Gasteiger charge is 2.26. The Labute approximate surface area is 423 Å². The van der Waals surface area contributed by atoms with Crippen LogP contribution in [0.4, 0.5) is 34.1 Å². The fraction of sp³-hybridized carbons (Fsp3) is 0.0286. The Bertz CT molecular complexity index is 3510. The van der Waals surface area contributed by atoms with Crippen molar-refractivity contribution in [3.63, 3.8) is 0 Å². The summed E-state index contributed by atoms with van der Waals surface area (Å²) in [7, 11) is 0. The lowest BCUT2D eigenvalue weighted by molar-refractivity contribution is 1.25. The second-order valence-electron chi connectivity index (χ2n) is 18.6. The number of aryl methyl sites for hydroxylation is 2. The van der Waals surface area contributed by atoms with E-state index in [4.69, 9.17) is 0 Å². The maximum absolute atomic E-state index is 2.49. The zero-order valence-corrected chi connectivity index (χ0v) is 40.5. The van der Waals surface area contributed by atoms with Crippen LogP contribution < -0.4 is 9.80 Å². The average Bonchev–Trinajstić information content (AvgIpc) is 3.45. The highest BCUT2D eigenvalue weighted by molar-refractivity contribution is 6.02. The molecule has 0 fully saturated rings. The zero-order chi connectivity index (χ0) is 48.4. The minimum atomic E-state index is 1.10. The van der Waals surface area contributed by atoms with E-state index in [1.807, 2.05) is 0 Å². The molecule has 0 saturated carbocycles. The van der Waals surface area contributed by atoms with E-state index >= 15 is 0 Å². The average molecular weight is 921 g/mol. The van der Waals surface area contributed by atoms with Gasteiger partial charge in [0.15, 0.2) is 0 Å². The van der Waals surface area contributed by atoms with Crippen LogP contribution in [0.25, 0.3) is 77.2 Å². The van der Waals surface area contributed by atoms with Crippen LogP contribution in [0, 0.1) is 13.8 Å². The van der Waals surface area contributed by atoms with Crippen molar-refractivity contribution in [2.75, 3.05) is 9.80 Å². The molecule has 12 aromatic rings. The van der Waals surface area contributed by atoms with Gasteiger partial charge in [0.25, 0.3) is 0 Å². The molecule has 0 atom stereocenters. The van der Waals surface area contributed by atoms with Gasteiger partial charge in [-0.05, 0) is 128 Å². The van der Waals surface area contributed by atoms with Gasteiger partial charge >= 0.3 is 0 Å². The van der Waals surface area contributed by atoms with Gasteiger partial charge in [-0.3, -0.25) is 0 Å². The van der Waals surface area contributed by atoms with Gasteiger partial charge in [0, 0.05) is 45.0 Å². The number of rotatable bonds is 11. The molecular formula is C70H52N2. The van der Waals surface area contributed by atoms with Gasteiger partial charge in [0.1, 0.15) is 0 Å². The first-order valence-electron chi connectivity index (χ1n) is 24.8. The molecule has 0 aromatic heterocycles. The molecule has 0 unspecified atom stereocenters. The predicted octanol–water partition coefficient (Wildman–Crippen LogP) is 19.9. The number of nitrogens with zero attached hydrogens (tertiary/aromatic N) is 2. The molecule has 0 N–H and O–H groups in total. The van der Waals surface area contributed by atoms with Gasteiger partial charge < -0.3 is 9.80 Å². The maximum atomic E-state index is 2.49. The zero-order valence-electron chi connectivity index (χ0n) is 40.5. The van der Waals surface area contributed by atoms with Crippen LogP contribution in [0.5, 0.6) is 0 Å². The highest BCUT2D eigenvalue weighted by atomic mass is 15.2. The largest absolute Gasteiger partial charge is 0.309 e. The normalized spacial score (nSPS) is 11.2. The van der Waals surface area contributed by atoms with Gasteiger partial charge in [-0.25, -0.2) is 0 Å². The Morgan fingerprint density at radius 2 is 0.528 bits per heavy atom. The first kappa shape index (κ1) is 44.0. The van der Waals surface area contributed by atoms with E-state index < -0.39 is 0 Å². The predicted molar refractivity (Wildman–Crippen MR) is 307 cm³/mol. The Morgan fingerprint density at radius 1 is 0.222 bits per heavy atom. The molecule has 0 heterocycles. The number of benzene rings is 12. The lowest BCUT2D eigenvalue weighted by Gasteiger charge is -2.32. The molecule has 0 amide bonds. The molecule has 0 bridgehead atoms. The monoisotopic (exact) mass is 920 g/mol. The van der Waals surface area contributed by atoms with Crippen molar-refractivity contribution in [3.05, 3.63) is 290 Å². The van der Waals surface area contributed by atoms with E-state index in [0.29, 0.717) is 0 Å². The number of fused-ring (bicyclic) bond motifs is 2. The van der Waals surface area contributed by atoms with Crippen molar-refractivity contribution >= 4 is 55.7 Å². The molecule has 0 aliphatic carbocycles. The molecular weight excluding hydrogens is 869 g/mol. The van der Waals surface area contributed by atoms with E-state index in [2.05, 4.69) is 303 Å². The maximum Gasteiger partial charge on any atom is 0.0618 e. The molecule has 0 spiro atoms. The smallest absolute Gasteiger partial charge is 0.0618 e. The third-order valence-electron chi connectivity index (χ3n) is 14.0. The molecule has 0 aliphatic heterocycles. The summed E-state index contributed by atoms with van der Waals surface area (Å²) in [6.07, 6.45) is 0. The quantitative estimate of drug-likeness (QED) is 0.128. The van der Waals surface area contributed by atoms with E-state index in [0.717, 1.165) is 45.3 Å². The third-order valence-corrected chi connectivity index (χ3v) is 14.0. The Hall–Kier alpha value is -9.24. The summed E-state index contributed by atoms with van der Waals surface area (Å²) in [5, 5.41) is 4.82. The molecule has 2 nitrogen and oxygen atoms in total. The summed E-state index contributed by atoms with van der Waals surface area (Å²) in [5.74, 6) is 0.